The lowest BCUT2D eigenvalue weighted by Gasteiger charge is -2.11. The lowest BCUT2D eigenvalue weighted by atomic mass is 10.2. The van der Waals surface area contributed by atoms with Crippen molar-refractivity contribution in [1.29, 1.82) is 0 Å². The number of rotatable bonds is 9. The Morgan fingerprint density at radius 3 is 2.75 bits per heavy atom. The Labute approximate surface area is 189 Å². The molecule has 2 N–H and O–H groups in total. The van der Waals surface area contributed by atoms with E-state index in [9.17, 15) is 9.59 Å². The molecule has 0 aliphatic carbocycles. The minimum absolute atomic E-state index is 0.0951. The van der Waals surface area contributed by atoms with Crippen molar-refractivity contribution in [3.8, 4) is 0 Å². The topological polar surface area (TPSA) is 93.9 Å². The molecular weight excluding hydrogens is 426 g/mol. The lowest BCUT2D eigenvalue weighted by Crippen LogP contribution is -2.25. The maximum absolute atomic E-state index is 12.8. The molecule has 0 fully saturated rings. The number of imidazole rings is 1. The van der Waals surface area contributed by atoms with Crippen LogP contribution in [0.15, 0.2) is 53.3 Å². The zero-order valence-electron chi connectivity index (χ0n) is 17.8. The van der Waals surface area contributed by atoms with Crippen molar-refractivity contribution in [1.82, 2.24) is 19.1 Å². The van der Waals surface area contributed by atoms with Crippen molar-refractivity contribution < 1.29 is 9.53 Å². The zero-order valence-corrected chi connectivity index (χ0v) is 18.7. The van der Waals surface area contributed by atoms with E-state index in [1.54, 1.807) is 18.2 Å². The highest BCUT2D eigenvalue weighted by Crippen LogP contribution is 2.20. The van der Waals surface area contributed by atoms with Crippen molar-refractivity contribution in [2.45, 2.75) is 32.9 Å². The van der Waals surface area contributed by atoms with E-state index in [1.807, 2.05) is 41.8 Å². The summed E-state index contributed by atoms with van der Waals surface area (Å²) >= 11 is 5.33. The normalized spacial score (nSPS) is 11.3. The number of fused-ring (bicyclic) bond motifs is 2. The SMILES string of the molecule is CCOCCCn1c(NC(=O)CCn2c(=S)[nH]c3ccccc3c2=O)nc2ccccc21. The molecule has 0 aliphatic heterocycles. The average molecular weight is 452 g/mol. The molecule has 4 aromatic rings. The van der Waals surface area contributed by atoms with Gasteiger partial charge in [0.05, 0.1) is 21.9 Å². The second kappa shape index (κ2) is 9.88. The molecule has 0 aliphatic rings. The Morgan fingerprint density at radius 2 is 1.91 bits per heavy atom. The lowest BCUT2D eigenvalue weighted by molar-refractivity contribution is -0.116. The standard InChI is InChI=1S/C23H25N5O3S/c1-2-31-15-7-13-27-19-11-6-5-10-18(19)24-22(27)26-20(29)12-14-28-21(30)16-8-3-4-9-17(16)25-23(28)32/h3-6,8-11H,2,7,12-15H2,1H3,(H,25,32)(H,24,26,29). The summed E-state index contributed by atoms with van der Waals surface area (Å²) in [5.41, 5.74) is 2.24. The molecule has 2 aromatic carbocycles. The van der Waals surface area contributed by atoms with Gasteiger partial charge >= 0.3 is 0 Å². The molecular formula is C23H25N5O3S. The largest absolute Gasteiger partial charge is 0.382 e. The fourth-order valence-electron chi connectivity index (χ4n) is 3.67. The van der Waals surface area contributed by atoms with E-state index in [4.69, 9.17) is 17.0 Å². The number of hydrogen-bond donors (Lipinski definition) is 2. The molecule has 2 heterocycles. The van der Waals surface area contributed by atoms with Crippen LogP contribution >= 0.6 is 12.2 Å². The number of carbonyl (C=O) groups excluding carboxylic acids is 1. The number of H-pyrrole nitrogens is 1. The number of ether oxygens (including phenoxy) is 1. The Balaban J connectivity index is 1.50. The number of amides is 1. The number of carbonyl (C=O) groups is 1. The molecule has 0 unspecified atom stereocenters. The molecule has 166 valence electrons. The first-order valence-corrected chi connectivity index (χ1v) is 11.0. The van der Waals surface area contributed by atoms with Crippen LogP contribution in [-0.4, -0.2) is 38.2 Å². The number of para-hydroxylation sites is 3. The quantitative estimate of drug-likeness (QED) is 0.298. The van der Waals surface area contributed by atoms with Crippen LogP contribution in [0.5, 0.6) is 0 Å². The van der Waals surface area contributed by atoms with Crippen LogP contribution in [0.4, 0.5) is 5.95 Å². The predicted octanol–water partition coefficient (Wildman–Crippen LogP) is 3.86. The van der Waals surface area contributed by atoms with Gasteiger partial charge in [0.25, 0.3) is 5.56 Å². The molecule has 0 spiro atoms. The van der Waals surface area contributed by atoms with Crippen molar-refractivity contribution in [3.63, 3.8) is 0 Å². The summed E-state index contributed by atoms with van der Waals surface area (Å²) in [6.07, 6.45) is 0.899. The van der Waals surface area contributed by atoms with Crippen LogP contribution in [0.3, 0.4) is 0 Å². The third kappa shape index (κ3) is 4.63. The van der Waals surface area contributed by atoms with E-state index < -0.39 is 0 Å². The maximum atomic E-state index is 12.8. The number of nitrogens with one attached hydrogen (secondary N) is 2. The molecule has 8 nitrogen and oxygen atoms in total. The van der Waals surface area contributed by atoms with Gasteiger partial charge in [-0.25, -0.2) is 4.98 Å². The van der Waals surface area contributed by atoms with E-state index in [0.717, 1.165) is 17.5 Å². The van der Waals surface area contributed by atoms with E-state index in [1.165, 1.54) is 4.57 Å². The number of aryl methyl sites for hydroxylation is 1. The van der Waals surface area contributed by atoms with Gasteiger partial charge in [0.2, 0.25) is 11.9 Å². The van der Waals surface area contributed by atoms with Gasteiger partial charge in [-0.3, -0.25) is 19.5 Å². The number of nitrogens with zero attached hydrogens (tertiary/aromatic N) is 3. The Hall–Kier alpha value is -3.30. The van der Waals surface area contributed by atoms with Gasteiger partial charge in [-0.2, -0.15) is 0 Å². The first kappa shape index (κ1) is 21.9. The highest BCUT2D eigenvalue weighted by atomic mass is 32.1. The Bertz CT molecular complexity index is 1370. The van der Waals surface area contributed by atoms with Gasteiger partial charge in [0, 0.05) is 32.7 Å². The summed E-state index contributed by atoms with van der Waals surface area (Å²) in [6, 6.07) is 14.9. The molecule has 0 bridgehead atoms. The third-order valence-electron chi connectivity index (χ3n) is 5.23. The second-order valence-electron chi connectivity index (χ2n) is 7.36. The van der Waals surface area contributed by atoms with Crippen molar-refractivity contribution in [2.75, 3.05) is 18.5 Å². The van der Waals surface area contributed by atoms with Gasteiger partial charge < -0.3 is 14.3 Å². The zero-order chi connectivity index (χ0) is 22.5. The van der Waals surface area contributed by atoms with Crippen molar-refractivity contribution in [2.24, 2.45) is 0 Å². The monoisotopic (exact) mass is 451 g/mol. The van der Waals surface area contributed by atoms with Gasteiger partial charge in [0.15, 0.2) is 4.77 Å². The van der Waals surface area contributed by atoms with Crippen LogP contribution in [0.2, 0.25) is 0 Å². The van der Waals surface area contributed by atoms with Crippen LogP contribution in [0, 0.1) is 4.77 Å². The van der Waals surface area contributed by atoms with Crippen LogP contribution in [0.1, 0.15) is 19.8 Å². The van der Waals surface area contributed by atoms with Crippen LogP contribution in [0.25, 0.3) is 21.9 Å². The number of anilines is 1. The summed E-state index contributed by atoms with van der Waals surface area (Å²) in [4.78, 5) is 33.1. The van der Waals surface area contributed by atoms with E-state index in [0.29, 0.717) is 41.4 Å². The van der Waals surface area contributed by atoms with Gasteiger partial charge in [-0.05, 0) is 49.8 Å². The summed E-state index contributed by atoms with van der Waals surface area (Å²) in [5, 5.41) is 3.44. The first-order valence-electron chi connectivity index (χ1n) is 10.6. The molecule has 0 radical (unpaired) electrons. The average Bonchev–Trinajstić information content (AvgIpc) is 3.13. The molecule has 32 heavy (non-hydrogen) atoms. The van der Waals surface area contributed by atoms with Crippen molar-refractivity contribution >= 4 is 46.0 Å². The molecule has 0 atom stereocenters. The van der Waals surface area contributed by atoms with Gasteiger partial charge in [-0.15, -0.1) is 0 Å². The summed E-state index contributed by atoms with van der Waals surface area (Å²) in [5.74, 6) is 0.254. The predicted molar refractivity (Wildman–Crippen MR) is 127 cm³/mol. The number of hydrogen-bond acceptors (Lipinski definition) is 5. The molecule has 0 saturated carbocycles. The molecule has 9 heteroatoms. The fourth-order valence-corrected chi connectivity index (χ4v) is 3.95. The Morgan fingerprint density at radius 1 is 1.12 bits per heavy atom. The molecule has 0 saturated heterocycles. The van der Waals surface area contributed by atoms with Crippen LogP contribution < -0.4 is 10.9 Å². The highest BCUT2D eigenvalue weighted by Gasteiger charge is 2.14. The van der Waals surface area contributed by atoms with E-state index >= 15 is 0 Å². The summed E-state index contributed by atoms with van der Waals surface area (Å²) < 4.78 is 9.14. The van der Waals surface area contributed by atoms with Gasteiger partial charge in [-0.1, -0.05) is 24.3 Å². The van der Waals surface area contributed by atoms with Crippen molar-refractivity contribution in [3.05, 3.63) is 63.7 Å². The third-order valence-corrected chi connectivity index (χ3v) is 5.55. The number of benzene rings is 2. The minimum Gasteiger partial charge on any atom is -0.382 e. The first-order chi connectivity index (χ1) is 15.6. The molecule has 1 amide bonds. The smallest absolute Gasteiger partial charge is 0.262 e. The molecule has 4 rings (SSSR count). The van der Waals surface area contributed by atoms with E-state index in [2.05, 4.69) is 15.3 Å². The minimum atomic E-state index is -0.235. The summed E-state index contributed by atoms with van der Waals surface area (Å²) in [7, 11) is 0. The van der Waals surface area contributed by atoms with E-state index in [-0.39, 0.29) is 24.4 Å². The fraction of sp³-hybridized carbons (Fsp3) is 0.304. The number of aromatic amines is 1. The summed E-state index contributed by atoms with van der Waals surface area (Å²) in [6.45, 7) is 4.12. The second-order valence-corrected chi connectivity index (χ2v) is 7.74. The Kier molecular flexibility index (Phi) is 6.77. The highest BCUT2D eigenvalue weighted by molar-refractivity contribution is 7.71. The molecule has 2 aromatic heterocycles. The number of aromatic nitrogens is 4. The maximum Gasteiger partial charge on any atom is 0.262 e. The van der Waals surface area contributed by atoms with Gasteiger partial charge in [0.1, 0.15) is 0 Å². The van der Waals surface area contributed by atoms with Crippen LogP contribution in [-0.2, 0) is 22.6 Å².